The number of hydrogen-bond donors (Lipinski definition) is 3. The number of hydrogen-bond acceptors (Lipinski definition) is 5. The van der Waals surface area contributed by atoms with Gasteiger partial charge in [0.2, 0.25) is 11.8 Å². The number of carbonyl (C=O) groups is 3. The van der Waals surface area contributed by atoms with Crippen molar-refractivity contribution in [2.75, 3.05) is 28.8 Å². The van der Waals surface area contributed by atoms with Gasteiger partial charge in [-0.05, 0) is 55.3 Å². The van der Waals surface area contributed by atoms with Crippen molar-refractivity contribution >= 4 is 46.5 Å². The van der Waals surface area contributed by atoms with E-state index in [2.05, 4.69) is 16.0 Å². The summed E-state index contributed by atoms with van der Waals surface area (Å²) in [5.74, 6) is -0.780. The normalized spacial score (nSPS) is 12.5. The smallest absolute Gasteiger partial charge is 0.256 e. The largest absolute Gasteiger partial charge is 0.497 e. The Morgan fingerprint density at radius 3 is 2.49 bits per heavy atom. The number of amides is 3. The summed E-state index contributed by atoms with van der Waals surface area (Å²) in [4.78, 5) is 38.0. The first-order valence-corrected chi connectivity index (χ1v) is 12.0. The number of methoxy groups -OCH3 is 1. The Labute approximate surface area is 206 Å². The summed E-state index contributed by atoms with van der Waals surface area (Å²) in [6, 6.07) is 18.0. The SMILES string of the molecule is COc1cccc(NC(=O)CSc2ccccc2C(=O)Nc2ccc(F)c(NC(=O)C3CC3)c2)c1. The third kappa shape index (κ3) is 6.60. The van der Waals surface area contributed by atoms with E-state index in [1.54, 1.807) is 55.6 Å². The highest BCUT2D eigenvalue weighted by atomic mass is 32.2. The fourth-order valence-electron chi connectivity index (χ4n) is 3.30. The van der Waals surface area contributed by atoms with Gasteiger partial charge in [-0.3, -0.25) is 14.4 Å². The van der Waals surface area contributed by atoms with Crippen molar-refractivity contribution in [3.05, 3.63) is 78.1 Å². The summed E-state index contributed by atoms with van der Waals surface area (Å²) in [6.45, 7) is 0. The molecule has 7 nitrogen and oxygen atoms in total. The lowest BCUT2D eigenvalue weighted by atomic mass is 10.2. The lowest BCUT2D eigenvalue weighted by molar-refractivity contribution is -0.117. The molecule has 0 saturated heterocycles. The minimum absolute atomic E-state index is 0.0246. The maximum absolute atomic E-state index is 14.1. The average molecular weight is 494 g/mol. The van der Waals surface area contributed by atoms with Crippen LogP contribution in [0.5, 0.6) is 5.75 Å². The van der Waals surface area contributed by atoms with Gasteiger partial charge in [-0.25, -0.2) is 4.39 Å². The highest BCUT2D eigenvalue weighted by Crippen LogP contribution is 2.31. The zero-order chi connectivity index (χ0) is 24.8. The zero-order valence-corrected chi connectivity index (χ0v) is 19.8. The quantitative estimate of drug-likeness (QED) is 0.358. The molecule has 9 heteroatoms. The Balaban J connectivity index is 1.39. The molecule has 4 rings (SSSR count). The van der Waals surface area contributed by atoms with Crippen molar-refractivity contribution in [1.29, 1.82) is 0 Å². The maximum atomic E-state index is 14.1. The molecule has 0 atom stereocenters. The molecule has 0 spiro atoms. The molecule has 0 unspecified atom stereocenters. The molecule has 1 aliphatic rings. The molecule has 0 aliphatic heterocycles. The van der Waals surface area contributed by atoms with Gasteiger partial charge in [0.15, 0.2) is 0 Å². The molecule has 3 N–H and O–H groups in total. The minimum atomic E-state index is -0.574. The first-order chi connectivity index (χ1) is 16.9. The summed E-state index contributed by atoms with van der Waals surface area (Å²) in [6.07, 6.45) is 1.60. The van der Waals surface area contributed by atoms with E-state index in [1.165, 1.54) is 30.0 Å². The van der Waals surface area contributed by atoms with Crippen LogP contribution in [0.25, 0.3) is 0 Å². The van der Waals surface area contributed by atoms with Gasteiger partial charge >= 0.3 is 0 Å². The van der Waals surface area contributed by atoms with Crippen LogP contribution in [0.4, 0.5) is 21.5 Å². The van der Waals surface area contributed by atoms with Crippen LogP contribution in [-0.2, 0) is 9.59 Å². The number of carbonyl (C=O) groups excluding carboxylic acids is 3. The molecule has 3 amide bonds. The van der Waals surface area contributed by atoms with Gasteiger partial charge in [-0.2, -0.15) is 0 Å². The van der Waals surface area contributed by atoms with Crippen LogP contribution in [0.1, 0.15) is 23.2 Å². The van der Waals surface area contributed by atoms with E-state index >= 15 is 0 Å². The molecule has 0 bridgehead atoms. The van der Waals surface area contributed by atoms with Gasteiger partial charge in [-0.15, -0.1) is 11.8 Å². The third-order valence-electron chi connectivity index (χ3n) is 5.27. The zero-order valence-electron chi connectivity index (χ0n) is 19.0. The van der Waals surface area contributed by atoms with Crippen molar-refractivity contribution in [3.63, 3.8) is 0 Å². The van der Waals surface area contributed by atoms with Crippen LogP contribution in [0.2, 0.25) is 0 Å². The van der Waals surface area contributed by atoms with E-state index in [9.17, 15) is 18.8 Å². The van der Waals surface area contributed by atoms with Gasteiger partial charge in [0.05, 0.1) is 24.1 Å². The van der Waals surface area contributed by atoms with Crippen LogP contribution in [0, 0.1) is 11.7 Å². The lowest BCUT2D eigenvalue weighted by Gasteiger charge is -2.12. The average Bonchev–Trinajstić information content (AvgIpc) is 3.71. The highest BCUT2D eigenvalue weighted by molar-refractivity contribution is 8.00. The summed E-state index contributed by atoms with van der Waals surface area (Å²) in [5.41, 5.74) is 1.36. The summed E-state index contributed by atoms with van der Waals surface area (Å²) >= 11 is 1.23. The van der Waals surface area contributed by atoms with Crippen LogP contribution in [-0.4, -0.2) is 30.6 Å². The van der Waals surface area contributed by atoms with Crippen LogP contribution < -0.4 is 20.7 Å². The lowest BCUT2D eigenvalue weighted by Crippen LogP contribution is -2.17. The van der Waals surface area contributed by atoms with Crippen molar-refractivity contribution in [2.24, 2.45) is 5.92 Å². The maximum Gasteiger partial charge on any atom is 0.256 e. The Morgan fingerprint density at radius 1 is 0.943 bits per heavy atom. The third-order valence-corrected chi connectivity index (χ3v) is 6.35. The van der Waals surface area contributed by atoms with Gasteiger partial charge in [0.25, 0.3) is 5.91 Å². The molecule has 0 aromatic heterocycles. The van der Waals surface area contributed by atoms with Crippen LogP contribution in [0.15, 0.2) is 71.6 Å². The second-order valence-corrected chi connectivity index (χ2v) is 8.99. The Morgan fingerprint density at radius 2 is 1.71 bits per heavy atom. The van der Waals surface area contributed by atoms with Crippen molar-refractivity contribution in [2.45, 2.75) is 17.7 Å². The first kappa shape index (κ1) is 24.3. The number of rotatable bonds is 9. The predicted molar refractivity (Wildman–Crippen MR) is 134 cm³/mol. The van der Waals surface area contributed by atoms with E-state index in [-0.39, 0.29) is 29.2 Å². The van der Waals surface area contributed by atoms with E-state index in [1.807, 2.05) is 0 Å². The first-order valence-electron chi connectivity index (χ1n) is 11.0. The predicted octanol–water partition coefficient (Wildman–Crippen LogP) is 5.17. The van der Waals surface area contributed by atoms with Gasteiger partial charge in [0, 0.05) is 28.3 Å². The van der Waals surface area contributed by atoms with E-state index in [0.29, 0.717) is 27.6 Å². The fraction of sp³-hybridized carbons (Fsp3) is 0.192. The van der Waals surface area contributed by atoms with Gasteiger partial charge < -0.3 is 20.7 Å². The summed E-state index contributed by atoms with van der Waals surface area (Å²) in [7, 11) is 1.55. The Bertz CT molecular complexity index is 1260. The summed E-state index contributed by atoms with van der Waals surface area (Å²) < 4.78 is 19.3. The number of ether oxygens (including phenoxy) is 1. The highest BCUT2D eigenvalue weighted by Gasteiger charge is 2.30. The number of anilines is 3. The molecule has 3 aromatic carbocycles. The second kappa shape index (κ2) is 11.1. The van der Waals surface area contributed by atoms with E-state index in [4.69, 9.17) is 4.74 Å². The van der Waals surface area contributed by atoms with Crippen molar-refractivity contribution in [1.82, 2.24) is 0 Å². The second-order valence-electron chi connectivity index (χ2n) is 7.98. The number of nitrogens with one attached hydrogen (secondary N) is 3. The molecular weight excluding hydrogens is 469 g/mol. The van der Waals surface area contributed by atoms with Gasteiger partial charge in [-0.1, -0.05) is 18.2 Å². The molecule has 0 radical (unpaired) electrons. The van der Waals surface area contributed by atoms with Gasteiger partial charge in [0.1, 0.15) is 11.6 Å². The Kier molecular flexibility index (Phi) is 7.67. The van der Waals surface area contributed by atoms with E-state index < -0.39 is 11.7 Å². The minimum Gasteiger partial charge on any atom is -0.497 e. The molecular formula is C26H24FN3O4S. The summed E-state index contributed by atoms with van der Waals surface area (Å²) in [5, 5.41) is 8.12. The fourth-order valence-corrected chi connectivity index (χ4v) is 4.15. The molecule has 0 heterocycles. The standard InChI is InChI=1S/C26H24FN3O4S/c1-34-19-6-4-5-17(13-19)28-24(31)15-35-23-8-3-2-7-20(23)26(33)29-18-11-12-21(27)22(14-18)30-25(32)16-9-10-16/h2-8,11-14,16H,9-10,15H2,1H3,(H,28,31)(H,29,33)(H,30,32). The van der Waals surface area contributed by atoms with Crippen LogP contribution in [0.3, 0.4) is 0 Å². The Hall–Kier alpha value is -3.85. The molecule has 180 valence electrons. The molecule has 35 heavy (non-hydrogen) atoms. The van der Waals surface area contributed by atoms with Crippen molar-refractivity contribution < 1.29 is 23.5 Å². The van der Waals surface area contributed by atoms with Crippen LogP contribution >= 0.6 is 11.8 Å². The number of thioether (sulfide) groups is 1. The molecule has 1 saturated carbocycles. The topological polar surface area (TPSA) is 96.5 Å². The molecule has 1 aliphatic carbocycles. The molecule has 3 aromatic rings. The number of halogens is 1. The van der Waals surface area contributed by atoms with Crippen molar-refractivity contribution in [3.8, 4) is 5.75 Å². The molecule has 1 fully saturated rings. The number of benzene rings is 3. The monoisotopic (exact) mass is 493 g/mol. The van der Waals surface area contributed by atoms with E-state index in [0.717, 1.165) is 12.8 Å².